The van der Waals surface area contributed by atoms with Crippen molar-refractivity contribution in [2.24, 2.45) is 11.3 Å². The normalized spacial score (nSPS) is 13.4. The van der Waals surface area contributed by atoms with E-state index in [1.165, 1.54) is 0 Å². The first-order chi connectivity index (χ1) is 11.1. The number of hydrogen-bond acceptors (Lipinski definition) is 4. The van der Waals surface area contributed by atoms with E-state index in [0.29, 0.717) is 6.42 Å². The van der Waals surface area contributed by atoms with E-state index in [1.807, 2.05) is 27.7 Å². The molecule has 0 rings (SSSR count). The van der Waals surface area contributed by atoms with Gasteiger partial charge in [-0.3, -0.25) is 14.8 Å². The van der Waals surface area contributed by atoms with Crippen LogP contribution in [0.25, 0.3) is 0 Å². The van der Waals surface area contributed by atoms with Crippen LogP contribution < -0.4 is 10.6 Å². The number of imide groups is 1. The van der Waals surface area contributed by atoms with Crippen LogP contribution >= 0.6 is 0 Å². The van der Waals surface area contributed by atoms with Crippen molar-refractivity contribution in [3.63, 3.8) is 0 Å². The van der Waals surface area contributed by atoms with E-state index in [1.54, 1.807) is 20.8 Å². The molecule has 0 saturated carbocycles. The maximum atomic E-state index is 12.5. The Hall–Kier alpha value is -1.63. The quantitative estimate of drug-likeness (QED) is 0.503. The lowest BCUT2D eigenvalue weighted by Gasteiger charge is -2.33. The summed E-state index contributed by atoms with van der Waals surface area (Å²) in [6, 6.07) is -1.90. The largest absolute Gasteiger partial charge is 0.350 e. The SMILES string of the molecule is [CH2]C(C)CCCC(=O)N(O)C(=O)NC(C(=O)NC(C)(C)C)C(C)(C)C. The molecule has 145 valence electrons. The highest BCUT2D eigenvalue weighted by Gasteiger charge is 2.36. The summed E-state index contributed by atoms with van der Waals surface area (Å²) in [7, 11) is 0. The van der Waals surface area contributed by atoms with E-state index in [-0.39, 0.29) is 23.3 Å². The average molecular weight is 356 g/mol. The lowest BCUT2D eigenvalue weighted by atomic mass is 9.85. The molecule has 0 aliphatic rings. The molecule has 0 aromatic heterocycles. The van der Waals surface area contributed by atoms with Crippen LogP contribution in [0.5, 0.6) is 0 Å². The molecule has 0 aromatic rings. The fourth-order valence-corrected chi connectivity index (χ4v) is 2.12. The molecule has 0 aliphatic heterocycles. The third-order valence-electron chi connectivity index (χ3n) is 3.41. The van der Waals surface area contributed by atoms with E-state index in [2.05, 4.69) is 17.6 Å². The lowest BCUT2D eigenvalue weighted by molar-refractivity contribution is -0.153. The summed E-state index contributed by atoms with van der Waals surface area (Å²) in [5.74, 6) is -0.887. The van der Waals surface area contributed by atoms with E-state index < -0.39 is 28.9 Å². The fourth-order valence-electron chi connectivity index (χ4n) is 2.12. The van der Waals surface area contributed by atoms with E-state index in [4.69, 9.17) is 0 Å². The predicted molar refractivity (Wildman–Crippen MR) is 96.7 cm³/mol. The molecule has 25 heavy (non-hydrogen) atoms. The van der Waals surface area contributed by atoms with Crippen LogP contribution in [0.3, 0.4) is 0 Å². The molecule has 0 saturated heterocycles. The first-order valence-electron chi connectivity index (χ1n) is 8.62. The van der Waals surface area contributed by atoms with Gasteiger partial charge in [0.1, 0.15) is 6.04 Å². The van der Waals surface area contributed by atoms with Crippen LogP contribution in [0.2, 0.25) is 0 Å². The van der Waals surface area contributed by atoms with Crippen molar-refractivity contribution < 1.29 is 19.6 Å². The molecule has 0 heterocycles. The number of hydrogen-bond donors (Lipinski definition) is 3. The average Bonchev–Trinajstić information content (AvgIpc) is 2.39. The topological polar surface area (TPSA) is 98.7 Å². The zero-order valence-electron chi connectivity index (χ0n) is 16.6. The standard InChI is InChI=1S/C18H34N3O4/c1-12(2)10-9-11-13(22)21(25)16(24)19-14(17(3,4)5)15(23)20-18(6,7)8/h12,14,25H,1,9-11H2,2-8H3,(H,19,24)(H,20,23). The summed E-state index contributed by atoms with van der Waals surface area (Å²) < 4.78 is 0. The van der Waals surface area contributed by atoms with E-state index in [0.717, 1.165) is 6.42 Å². The summed E-state index contributed by atoms with van der Waals surface area (Å²) in [5, 5.41) is 15.1. The number of nitrogens with zero attached hydrogens (tertiary/aromatic N) is 1. The van der Waals surface area contributed by atoms with Crippen molar-refractivity contribution >= 4 is 17.8 Å². The molecule has 0 bridgehead atoms. The zero-order chi connectivity index (χ0) is 20.0. The summed E-state index contributed by atoms with van der Waals surface area (Å²) in [5.41, 5.74) is -1.07. The van der Waals surface area contributed by atoms with Crippen LogP contribution in [0.15, 0.2) is 0 Å². The second kappa shape index (κ2) is 9.17. The first kappa shape index (κ1) is 23.4. The van der Waals surface area contributed by atoms with Crippen molar-refractivity contribution in [1.29, 1.82) is 0 Å². The number of nitrogens with one attached hydrogen (secondary N) is 2. The summed E-state index contributed by atoms with van der Waals surface area (Å²) >= 11 is 0. The Balaban J connectivity index is 4.92. The molecule has 0 spiro atoms. The van der Waals surface area contributed by atoms with Gasteiger partial charge in [0, 0.05) is 12.0 Å². The molecular weight excluding hydrogens is 322 g/mol. The molecular formula is C18H34N3O4. The number of urea groups is 1. The number of amides is 4. The van der Waals surface area contributed by atoms with Gasteiger partial charge < -0.3 is 10.6 Å². The van der Waals surface area contributed by atoms with E-state index >= 15 is 0 Å². The van der Waals surface area contributed by atoms with Crippen LogP contribution in [0, 0.1) is 18.3 Å². The summed E-state index contributed by atoms with van der Waals surface area (Å²) in [6.07, 6.45) is 1.29. The van der Waals surface area contributed by atoms with Gasteiger partial charge in [-0.2, -0.15) is 0 Å². The van der Waals surface area contributed by atoms with Gasteiger partial charge in [0.05, 0.1) is 0 Å². The Morgan fingerprint density at radius 2 is 1.64 bits per heavy atom. The van der Waals surface area contributed by atoms with Crippen molar-refractivity contribution in [1.82, 2.24) is 15.7 Å². The highest BCUT2D eigenvalue weighted by molar-refractivity contribution is 5.95. The van der Waals surface area contributed by atoms with Crippen LogP contribution in [0.1, 0.15) is 67.7 Å². The smallest absolute Gasteiger partial charge is 0.349 e. The number of carbonyl (C=O) groups is 3. The lowest BCUT2D eigenvalue weighted by Crippen LogP contribution is -2.59. The molecule has 7 nitrogen and oxygen atoms in total. The van der Waals surface area contributed by atoms with Gasteiger partial charge >= 0.3 is 6.03 Å². The minimum atomic E-state index is -1.00. The van der Waals surface area contributed by atoms with Crippen molar-refractivity contribution in [2.75, 3.05) is 0 Å². The third-order valence-corrected chi connectivity index (χ3v) is 3.41. The van der Waals surface area contributed by atoms with E-state index in [9.17, 15) is 19.6 Å². The van der Waals surface area contributed by atoms with Crippen LogP contribution in [-0.4, -0.2) is 39.7 Å². The first-order valence-corrected chi connectivity index (χ1v) is 8.62. The molecule has 0 aliphatic carbocycles. The van der Waals surface area contributed by atoms with Crippen LogP contribution in [-0.2, 0) is 9.59 Å². The molecule has 1 radical (unpaired) electrons. The summed E-state index contributed by atoms with van der Waals surface area (Å²) in [6.45, 7) is 16.6. The molecule has 2 atom stereocenters. The van der Waals surface area contributed by atoms with Crippen LogP contribution in [0.4, 0.5) is 4.79 Å². The van der Waals surface area contributed by atoms with Gasteiger partial charge in [0.25, 0.3) is 5.91 Å². The second-order valence-corrected chi connectivity index (χ2v) is 8.69. The summed E-state index contributed by atoms with van der Waals surface area (Å²) in [4.78, 5) is 36.5. The molecule has 4 amide bonds. The van der Waals surface area contributed by atoms with Gasteiger partial charge in [-0.25, -0.2) is 4.79 Å². The zero-order valence-corrected chi connectivity index (χ0v) is 16.6. The number of rotatable bonds is 6. The Bertz CT molecular complexity index is 476. The van der Waals surface area contributed by atoms with Gasteiger partial charge in [0.15, 0.2) is 0 Å². The monoisotopic (exact) mass is 356 g/mol. The Kier molecular flexibility index (Phi) is 8.58. The molecule has 3 N–H and O–H groups in total. The second-order valence-electron chi connectivity index (χ2n) is 8.69. The highest BCUT2D eigenvalue weighted by atomic mass is 16.5. The van der Waals surface area contributed by atoms with Crippen molar-refractivity contribution in [3.05, 3.63) is 6.92 Å². The number of hydroxylamine groups is 2. The van der Waals surface area contributed by atoms with Gasteiger partial charge in [-0.05, 0) is 38.5 Å². The Morgan fingerprint density at radius 3 is 2.04 bits per heavy atom. The molecule has 2 unspecified atom stereocenters. The van der Waals surface area contributed by atoms with Crippen molar-refractivity contribution in [2.45, 2.75) is 79.3 Å². The van der Waals surface area contributed by atoms with Gasteiger partial charge in [-0.1, -0.05) is 41.0 Å². The van der Waals surface area contributed by atoms with Crippen molar-refractivity contribution in [3.8, 4) is 0 Å². The Labute approximate surface area is 151 Å². The minimum Gasteiger partial charge on any atom is -0.350 e. The van der Waals surface area contributed by atoms with Gasteiger partial charge in [-0.15, -0.1) is 5.06 Å². The fraction of sp³-hybridized carbons (Fsp3) is 0.778. The van der Waals surface area contributed by atoms with Gasteiger partial charge in [0.2, 0.25) is 5.91 Å². The molecule has 7 heteroatoms. The predicted octanol–water partition coefficient (Wildman–Crippen LogP) is 2.88. The maximum absolute atomic E-state index is 12.5. The molecule has 0 aromatic carbocycles. The highest BCUT2D eigenvalue weighted by Crippen LogP contribution is 2.20. The maximum Gasteiger partial charge on any atom is 0.349 e. The Morgan fingerprint density at radius 1 is 1.12 bits per heavy atom. The number of carbonyl (C=O) groups excluding carboxylic acids is 3. The molecule has 0 fully saturated rings. The minimum absolute atomic E-state index is 0.0398. The third kappa shape index (κ3) is 9.43.